The van der Waals surface area contributed by atoms with Crippen LogP contribution in [-0.2, 0) is 14.4 Å². The van der Waals surface area contributed by atoms with Crippen LogP contribution in [0.15, 0.2) is 36.4 Å². The summed E-state index contributed by atoms with van der Waals surface area (Å²) >= 11 is 0. The molecule has 2 saturated carbocycles. The molecule has 5 heteroatoms. The van der Waals surface area contributed by atoms with E-state index in [1.165, 1.54) is 27.2 Å². The minimum Gasteiger partial charge on any atom is -0.326 e. The van der Waals surface area contributed by atoms with Gasteiger partial charge >= 0.3 is 0 Å². The summed E-state index contributed by atoms with van der Waals surface area (Å²) < 4.78 is 0. The number of benzene rings is 2. The van der Waals surface area contributed by atoms with Crippen molar-refractivity contribution in [3.63, 3.8) is 0 Å². The molecule has 0 spiro atoms. The van der Waals surface area contributed by atoms with Gasteiger partial charge in [0, 0.05) is 17.6 Å². The number of likely N-dealkylation sites (tertiary alicyclic amines) is 1. The van der Waals surface area contributed by atoms with Crippen LogP contribution in [0.2, 0.25) is 0 Å². The van der Waals surface area contributed by atoms with Gasteiger partial charge in [0.15, 0.2) is 0 Å². The molecule has 1 aliphatic heterocycles. The molecule has 1 saturated heterocycles. The number of anilines is 1. The van der Waals surface area contributed by atoms with Gasteiger partial charge in [0.05, 0.1) is 11.8 Å². The molecular weight excluding hydrogens is 472 g/mol. The number of nitrogens with one attached hydrogen (secondary N) is 1. The molecule has 2 aromatic carbocycles. The lowest BCUT2D eigenvalue weighted by Crippen LogP contribution is -2.41. The van der Waals surface area contributed by atoms with Gasteiger partial charge in [-0.25, -0.2) is 0 Å². The molecule has 8 unspecified atom stereocenters. The summed E-state index contributed by atoms with van der Waals surface area (Å²) in [5, 5.41) is 3.17. The normalized spacial score (nSPS) is 29.5. The summed E-state index contributed by atoms with van der Waals surface area (Å²) in [7, 11) is 0. The van der Waals surface area contributed by atoms with E-state index in [-0.39, 0.29) is 59.3 Å². The molecular formula is C33H42N2O3. The van der Waals surface area contributed by atoms with Crippen molar-refractivity contribution in [2.75, 3.05) is 5.32 Å². The van der Waals surface area contributed by atoms with Crippen molar-refractivity contribution in [3.8, 4) is 11.1 Å². The zero-order valence-electron chi connectivity index (χ0n) is 23.9. The summed E-state index contributed by atoms with van der Waals surface area (Å²) in [5.41, 5.74) is 6.92. The Morgan fingerprint density at radius 1 is 0.921 bits per heavy atom. The van der Waals surface area contributed by atoms with Gasteiger partial charge in [-0.2, -0.15) is 0 Å². The Balaban J connectivity index is 1.33. The fraction of sp³-hybridized carbons (Fsp3) is 0.545. The standard InChI is InChI=1S/C33H42N2O3/c1-8-17(3)22-10-12-24(18(4)14-22)25-13-11-23(15-19(25)5)34-31(36)28-21(7)26-16-27(28)30-29(26)32(37)35(33(30)38)20(6)9-2/h10-15,17,20-21,26-30H,8-9,16H2,1-7H3,(H,34,36). The van der Waals surface area contributed by atoms with Crippen molar-refractivity contribution in [2.45, 2.75) is 79.7 Å². The van der Waals surface area contributed by atoms with Gasteiger partial charge in [-0.3, -0.25) is 19.3 Å². The van der Waals surface area contributed by atoms with Crippen molar-refractivity contribution in [3.05, 3.63) is 53.1 Å². The lowest BCUT2D eigenvalue weighted by Gasteiger charge is -2.33. The number of carbonyl (C=O) groups is 3. The largest absolute Gasteiger partial charge is 0.326 e. The predicted octanol–water partition coefficient (Wildman–Crippen LogP) is 6.72. The molecule has 3 fully saturated rings. The van der Waals surface area contributed by atoms with Crippen LogP contribution in [0.5, 0.6) is 0 Å². The molecule has 2 aliphatic carbocycles. The highest BCUT2D eigenvalue weighted by molar-refractivity contribution is 6.07. The van der Waals surface area contributed by atoms with Crippen molar-refractivity contribution >= 4 is 23.4 Å². The third-order valence-corrected chi connectivity index (χ3v) is 10.2. The first-order valence-electron chi connectivity index (χ1n) is 14.5. The van der Waals surface area contributed by atoms with Gasteiger partial charge in [-0.15, -0.1) is 0 Å². The average Bonchev–Trinajstić information content (AvgIpc) is 3.51. The van der Waals surface area contributed by atoms with E-state index in [2.05, 4.69) is 64.2 Å². The number of imide groups is 1. The van der Waals surface area contributed by atoms with E-state index in [1.807, 2.05) is 26.0 Å². The van der Waals surface area contributed by atoms with Crippen LogP contribution in [0.3, 0.4) is 0 Å². The highest BCUT2D eigenvalue weighted by Crippen LogP contribution is 2.61. The summed E-state index contributed by atoms with van der Waals surface area (Å²) in [6.07, 6.45) is 2.67. The number of aryl methyl sites for hydroxylation is 2. The van der Waals surface area contributed by atoms with Gasteiger partial charge < -0.3 is 5.32 Å². The zero-order valence-corrected chi connectivity index (χ0v) is 23.9. The summed E-state index contributed by atoms with van der Waals surface area (Å²) in [6, 6.07) is 12.8. The van der Waals surface area contributed by atoms with Crippen LogP contribution in [-0.4, -0.2) is 28.7 Å². The zero-order chi connectivity index (χ0) is 27.5. The second kappa shape index (κ2) is 9.98. The predicted molar refractivity (Wildman–Crippen MR) is 152 cm³/mol. The smallest absolute Gasteiger partial charge is 0.233 e. The maximum atomic E-state index is 13.6. The van der Waals surface area contributed by atoms with E-state index < -0.39 is 0 Å². The number of rotatable bonds is 7. The Kier molecular flexibility index (Phi) is 7.00. The number of amides is 3. The van der Waals surface area contributed by atoms with E-state index in [4.69, 9.17) is 0 Å². The van der Waals surface area contributed by atoms with Crippen LogP contribution in [0.25, 0.3) is 11.1 Å². The van der Waals surface area contributed by atoms with Gasteiger partial charge in [-0.05, 0) is 104 Å². The van der Waals surface area contributed by atoms with Crippen LogP contribution in [0.4, 0.5) is 5.69 Å². The van der Waals surface area contributed by atoms with Gasteiger partial charge in [0.1, 0.15) is 0 Å². The van der Waals surface area contributed by atoms with Crippen LogP contribution in [0, 0.1) is 49.4 Å². The number of fused-ring (bicyclic) bond motifs is 5. The third kappa shape index (κ3) is 4.10. The molecule has 0 aromatic heterocycles. The molecule has 3 amide bonds. The SMILES string of the molecule is CCC(C)c1ccc(-c2ccc(NC(=O)C3C(C)C4CC3C3C(=O)N(C(C)CC)C(=O)C43)cc2C)c(C)c1. The summed E-state index contributed by atoms with van der Waals surface area (Å²) in [6.45, 7) is 14.8. The topological polar surface area (TPSA) is 66.5 Å². The Morgan fingerprint density at radius 2 is 1.53 bits per heavy atom. The maximum Gasteiger partial charge on any atom is 0.233 e. The fourth-order valence-corrected chi connectivity index (χ4v) is 7.66. The Labute approximate surface area is 227 Å². The molecule has 2 bridgehead atoms. The minimum atomic E-state index is -0.334. The molecule has 38 heavy (non-hydrogen) atoms. The Morgan fingerprint density at radius 3 is 2.11 bits per heavy atom. The lowest BCUT2D eigenvalue weighted by atomic mass is 9.69. The van der Waals surface area contributed by atoms with Crippen molar-refractivity contribution in [2.24, 2.45) is 35.5 Å². The molecule has 5 rings (SSSR count). The maximum absolute atomic E-state index is 13.6. The molecule has 0 radical (unpaired) electrons. The quantitative estimate of drug-likeness (QED) is 0.417. The van der Waals surface area contributed by atoms with Crippen molar-refractivity contribution in [1.29, 1.82) is 0 Å². The first kappa shape index (κ1) is 26.6. The highest BCUT2D eigenvalue weighted by atomic mass is 16.2. The van der Waals surface area contributed by atoms with Gasteiger partial charge in [0.2, 0.25) is 17.7 Å². The summed E-state index contributed by atoms with van der Waals surface area (Å²) in [4.78, 5) is 41.6. The number of hydrogen-bond acceptors (Lipinski definition) is 3. The monoisotopic (exact) mass is 514 g/mol. The van der Waals surface area contributed by atoms with Crippen LogP contribution in [0.1, 0.15) is 76.5 Å². The molecule has 3 aliphatic rings. The Hall–Kier alpha value is -2.95. The highest BCUT2D eigenvalue weighted by Gasteiger charge is 2.67. The summed E-state index contributed by atoms with van der Waals surface area (Å²) in [5.74, 6) is -0.224. The number of carbonyl (C=O) groups excluding carboxylic acids is 3. The average molecular weight is 515 g/mol. The van der Waals surface area contributed by atoms with Crippen LogP contribution < -0.4 is 5.32 Å². The van der Waals surface area contributed by atoms with Gasteiger partial charge in [0.25, 0.3) is 0 Å². The minimum absolute atomic E-state index is 0.00810. The second-order valence-corrected chi connectivity index (χ2v) is 12.2. The van der Waals surface area contributed by atoms with Crippen LogP contribution >= 0.6 is 0 Å². The number of nitrogens with zero attached hydrogens (tertiary/aromatic N) is 1. The molecule has 1 heterocycles. The molecule has 8 atom stereocenters. The fourth-order valence-electron chi connectivity index (χ4n) is 7.66. The van der Waals surface area contributed by atoms with E-state index >= 15 is 0 Å². The second-order valence-electron chi connectivity index (χ2n) is 12.2. The number of hydrogen-bond donors (Lipinski definition) is 1. The van der Waals surface area contributed by atoms with E-state index in [1.54, 1.807) is 0 Å². The van der Waals surface area contributed by atoms with Crippen molar-refractivity contribution < 1.29 is 14.4 Å². The van der Waals surface area contributed by atoms with E-state index in [9.17, 15) is 14.4 Å². The van der Waals surface area contributed by atoms with E-state index in [0.717, 1.165) is 30.5 Å². The van der Waals surface area contributed by atoms with E-state index in [0.29, 0.717) is 5.92 Å². The third-order valence-electron chi connectivity index (χ3n) is 10.2. The first-order chi connectivity index (χ1) is 18.1. The molecule has 5 nitrogen and oxygen atoms in total. The van der Waals surface area contributed by atoms with Gasteiger partial charge in [-0.1, -0.05) is 52.0 Å². The Bertz CT molecular complexity index is 1280. The first-order valence-corrected chi connectivity index (χ1v) is 14.5. The molecule has 1 N–H and O–H groups in total. The molecule has 202 valence electrons. The lowest BCUT2D eigenvalue weighted by molar-refractivity contribution is -0.143. The molecule has 2 aromatic rings. The van der Waals surface area contributed by atoms with Crippen molar-refractivity contribution in [1.82, 2.24) is 4.90 Å².